The molecule has 2 rings (SSSR count). The minimum absolute atomic E-state index is 0.0686. The highest BCUT2D eigenvalue weighted by atomic mass is 35.5. The molecule has 0 atom stereocenters. The fourth-order valence-corrected chi connectivity index (χ4v) is 2.50. The van der Waals surface area contributed by atoms with Gasteiger partial charge in [0.2, 0.25) is 5.91 Å². The first-order valence-corrected chi connectivity index (χ1v) is 7.62. The van der Waals surface area contributed by atoms with Gasteiger partial charge in [0.15, 0.2) is 0 Å². The van der Waals surface area contributed by atoms with Crippen LogP contribution in [-0.2, 0) is 11.3 Å². The van der Waals surface area contributed by atoms with Crippen molar-refractivity contribution in [2.75, 3.05) is 18.9 Å². The average molecular weight is 317 g/mol. The molecule has 22 heavy (non-hydrogen) atoms. The maximum atomic E-state index is 12.1. The fourth-order valence-electron chi connectivity index (χ4n) is 2.31. The van der Waals surface area contributed by atoms with Gasteiger partial charge >= 0.3 is 0 Å². The molecule has 0 fully saturated rings. The molecule has 1 amide bonds. The molecule has 0 saturated carbocycles. The zero-order valence-electron chi connectivity index (χ0n) is 13.2. The lowest BCUT2D eigenvalue weighted by Crippen LogP contribution is -2.30. The van der Waals surface area contributed by atoms with Crippen LogP contribution in [-0.4, -0.2) is 24.4 Å². The molecule has 0 aromatic heterocycles. The van der Waals surface area contributed by atoms with Crippen molar-refractivity contribution in [2.45, 2.75) is 20.4 Å². The Balaban J connectivity index is 1.94. The lowest BCUT2D eigenvalue weighted by atomic mass is 10.1. The van der Waals surface area contributed by atoms with Crippen molar-refractivity contribution in [2.24, 2.45) is 0 Å². The molecule has 0 bridgehead atoms. The Bertz CT molecular complexity index is 670. The van der Waals surface area contributed by atoms with Crippen molar-refractivity contribution >= 4 is 23.2 Å². The Labute approximate surface area is 136 Å². The Morgan fingerprint density at radius 3 is 2.64 bits per heavy atom. The van der Waals surface area contributed by atoms with Gasteiger partial charge in [0.05, 0.1) is 17.3 Å². The van der Waals surface area contributed by atoms with E-state index in [0.717, 1.165) is 6.54 Å². The molecule has 116 valence electrons. The van der Waals surface area contributed by atoms with Crippen LogP contribution in [0.3, 0.4) is 0 Å². The van der Waals surface area contributed by atoms with Gasteiger partial charge in [0.25, 0.3) is 0 Å². The van der Waals surface area contributed by atoms with Gasteiger partial charge in [0.1, 0.15) is 0 Å². The smallest absolute Gasteiger partial charge is 0.238 e. The quantitative estimate of drug-likeness (QED) is 0.903. The number of rotatable bonds is 5. The van der Waals surface area contributed by atoms with Crippen molar-refractivity contribution in [3.63, 3.8) is 0 Å². The van der Waals surface area contributed by atoms with Gasteiger partial charge in [-0.2, -0.15) is 0 Å². The summed E-state index contributed by atoms with van der Waals surface area (Å²) in [4.78, 5) is 14.1. The van der Waals surface area contributed by atoms with E-state index in [1.165, 1.54) is 16.7 Å². The van der Waals surface area contributed by atoms with Crippen LogP contribution in [0.5, 0.6) is 0 Å². The molecule has 0 unspecified atom stereocenters. The van der Waals surface area contributed by atoms with Crippen molar-refractivity contribution in [3.8, 4) is 0 Å². The highest BCUT2D eigenvalue weighted by Gasteiger charge is 2.10. The van der Waals surface area contributed by atoms with Crippen molar-refractivity contribution in [1.29, 1.82) is 0 Å². The summed E-state index contributed by atoms with van der Waals surface area (Å²) in [7, 11) is 1.94. The van der Waals surface area contributed by atoms with Crippen LogP contribution in [0.15, 0.2) is 42.5 Å². The second kappa shape index (κ2) is 7.43. The summed E-state index contributed by atoms with van der Waals surface area (Å²) in [5.41, 5.74) is 4.36. The normalized spacial score (nSPS) is 10.8. The van der Waals surface area contributed by atoms with Gasteiger partial charge in [-0.15, -0.1) is 0 Å². The largest absolute Gasteiger partial charge is 0.324 e. The number of hydrogen-bond donors (Lipinski definition) is 1. The molecular formula is C18H21ClN2O. The number of benzene rings is 2. The summed E-state index contributed by atoms with van der Waals surface area (Å²) in [6.45, 7) is 5.22. The maximum absolute atomic E-state index is 12.1. The summed E-state index contributed by atoms with van der Waals surface area (Å²) in [5.74, 6) is -0.0686. The van der Waals surface area contributed by atoms with Gasteiger partial charge in [-0.25, -0.2) is 0 Å². The topological polar surface area (TPSA) is 32.3 Å². The molecule has 0 saturated heterocycles. The van der Waals surface area contributed by atoms with Crippen molar-refractivity contribution < 1.29 is 4.79 Å². The molecular weight excluding hydrogens is 296 g/mol. The summed E-state index contributed by atoms with van der Waals surface area (Å²) in [6.07, 6.45) is 0. The molecule has 0 heterocycles. The number of carbonyl (C=O) groups is 1. The molecule has 3 nitrogen and oxygen atoms in total. The third-order valence-corrected chi connectivity index (χ3v) is 3.84. The number of nitrogens with zero attached hydrogens (tertiary/aromatic N) is 1. The van der Waals surface area contributed by atoms with E-state index in [9.17, 15) is 4.79 Å². The summed E-state index contributed by atoms with van der Waals surface area (Å²) in [5, 5.41) is 3.39. The first-order chi connectivity index (χ1) is 10.5. The second-order valence-corrected chi connectivity index (χ2v) is 6.04. The third kappa shape index (κ3) is 4.58. The molecule has 2 aromatic carbocycles. The monoisotopic (exact) mass is 316 g/mol. The van der Waals surface area contributed by atoms with Crippen molar-refractivity contribution in [3.05, 3.63) is 64.2 Å². The molecule has 2 aromatic rings. The average Bonchev–Trinajstić information content (AvgIpc) is 2.45. The van der Waals surface area contributed by atoms with Gasteiger partial charge in [0, 0.05) is 6.54 Å². The zero-order valence-corrected chi connectivity index (χ0v) is 13.9. The first-order valence-electron chi connectivity index (χ1n) is 7.25. The van der Waals surface area contributed by atoms with Gasteiger partial charge in [-0.3, -0.25) is 9.69 Å². The van der Waals surface area contributed by atoms with E-state index < -0.39 is 0 Å². The SMILES string of the molecule is Cc1ccc(C)c(CN(C)CC(=O)Nc2ccccc2Cl)c1. The Morgan fingerprint density at radius 1 is 1.18 bits per heavy atom. The Kier molecular flexibility index (Phi) is 5.58. The van der Waals surface area contributed by atoms with E-state index >= 15 is 0 Å². The molecule has 0 radical (unpaired) electrons. The molecule has 0 aliphatic rings. The fraction of sp³-hybridized carbons (Fsp3) is 0.278. The molecule has 4 heteroatoms. The first kappa shape index (κ1) is 16.5. The molecule has 0 aliphatic heterocycles. The maximum Gasteiger partial charge on any atom is 0.238 e. The highest BCUT2D eigenvalue weighted by molar-refractivity contribution is 6.33. The second-order valence-electron chi connectivity index (χ2n) is 5.63. The molecule has 1 N–H and O–H groups in total. The van der Waals surface area contributed by atoms with Crippen LogP contribution < -0.4 is 5.32 Å². The van der Waals surface area contributed by atoms with E-state index in [1.54, 1.807) is 12.1 Å². The van der Waals surface area contributed by atoms with Crippen LogP contribution in [0.25, 0.3) is 0 Å². The van der Waals surface area contributed by atoms with E-state index in [4.69, 9.17) is 11.6 Å². The third-order valence-electron chi connectivity index (χ3n) is 3.51. The van der Waals surface area contributed by atoms with Gasteiger partial charge < -0.3 is 5.32 Å². The van der Waals surface area contributed by atoms with Crippen LogP contribution in [0, 0.1) is 13.8 Å². The lowest BCUT2D eigenvalue weighted by Gasteiger charge is -2.18. The van der Waals surface area contributed by atoms with E-state index in [2.05, 4.69) is 37.4 Å². The number of hydrogen-bond acceptors (Lipinski definition) is 2. The predicted octanol–water partition coefficient (Wildman–Crippen LogP) is 4.03. The number of aryl methyl sites for hydroxylation is 2. The van der Waals surface area contributed by atoms with Gasteiger partial charge in [-0.1, -0.05) is 47.5 Å². The standard InChI is InChI=1S/C18H21ClN2O/c1-13-8-9-14(2)15(10-13)11-21(3)12-18(22)20-17-7-5-4-6-16(17)19/h4-10H,11-12H2,1-3H3,(H,20,22). The minimum atomic E-state index is -0.0686. The summed E-state index contributed by atoms with van der Waals surface area (Å²) in [6, 6.07) is 13.6. The Morgan fingerprint density at radius 2 is 1.91 bits per heavy atom. The van der Waals surface area contributed by atoms with E-state index in [1.807, 2.05) is 24.1 Å². The molecule has 0 spiro atoms. The zero-order chi connectivity index (χ0) is 16.1. The number of carbonyl (C=O) groups excluding carboxylic acids is 1. The van der Waals surface area contributed by atoms with Crippen LogP contribution in [0.4, 0.5) is 5.69 Å². The summed E-state index contributed by atoms with van der Waals surface area (Å²) >= 11 is 6.04. The number of likely N-dealkylation sites (N-methyl/N-ethyl adjacent to an activating group) is 1. The predicted molar refractivity (Wildman–Crippen MR) is 92.3 cm³/mol. The minimum Gasteiger partial charge on any atom is -0.324 e. The number of anilines is 1. The number of nitrogens with one attached hydrogen (secondary N) is 1. The highest BCUT2D eigenvalue weighted by Crippen LogP contribution is 2.20. The van der Waals surface area contributed by atoms with Crippen LogP contribution in [0.1, 0.15) is 16.7 Å². The Hall–Kier alpha value is -1.84. The molecule has 0 aliphatic carbocycles. The van der Waals surface area contributed by atoms with E-state index in [0.29, 0.717) is 17.3 Å². The van der Waals surface area contributed by atoms with E-state index in [-0.39, 0.29) is 5.91 Å². The van der Waals surface area contributed by atoms with Gasteiger partial charge in [-0.05, 0) is 44.2 Å². The summed E-state index contributed by atoms with van der Waals surface area (Å²) < 4.78 is 0. The lowest BCUT2D eigenvalue weighted by molar-refractivity contribution is -0.117. The number of para-hydroxylation sites is 1. The van der Waals surface area contributed by atoms with Crippen molar-refractivity contribution in [1.82, 2.24) is 4.90 Å². The van der Waals surface area contributed by atoms with Crippen LogP contribution in [0.2, 0.25) is 5.02 Å². The number of halogens is 1. The number of amides is 1. The van der Waals surface area contributed by atoms with Crippen LogP contribution >= 0.6 is 11.6 Å².